The molecule has 0 radical (unpaired) electrons. The van der Waals surface area contributed by atoms with Crippen molar-refractivity contribution in [3.8, 4) is 16.9 Å². The molecule has 0 spiro atoms. The van der Waals surface area contributed by atoms with Crippen LogP contribution in [-0.4, -0.2) is 52.8 Å². The average molecular weight is 445 g/mol. The van der Waals surface area contributed by atoms with E-state index in [1.807, 2.05) is 14.1 Å². The summed E-state index contributed by atoms with van der Waals surface area (Å²) in [5.41, 5.74) is 0.356. The Morgan fingerprint density at radius 2 is 1.84 bits per heavy atom. The summed E-state index contributed by atoms with van der Waals surface area (Å²) in [5, 5.41) is 6.98. The highest BCUT2D eigenvalue weighted by atomic mass is 19.4. The van der Waals surface area contributed by atoms with Gasteiger partial charge in [0, 0.05) is 30.1 Å². The van der Waals surface area contributed by atoms with Gasteiger partial charge in [-0.15, -0.1) is 0 Å². The lowest BCUT2D eigenvalue weighted by molar-refractivity contribution is -0.142. The van der Waals surface area contributed by atoms with E-state index in [9.17, 15) is 18.0 Å². The third-order valence-electron chi connectivity index (χ3n) is 4.90. The smallest absolute Gasteiger partial charge is 0.352 e. The van der Waals surface area contributed by atoms with Gasteiger partial charge in [-0.2, -0.15) is 18.3 Å². The molecule has 1 amide bonds. The third kappa shape index (κ3) is 6.16. The van der Waals surface area contributed by atoms with Gasteiger partial charge in [-0.3, -0.25) is 9.78 Å². The number of aromatic nitrogens is 3. The Morgan fingerprint density at radius 1 is 1.09 bits per heavy atom. The number of nitrogens with zero attached hydrogens (tertiary/aromatic N) is 4. The number of hydrogen-bond donors (Lipinski definition) is 1. The molecule has 0 saturated heterocycles. The molecule has 0 bridgehead atoms. The van der Waals surface area contributed by atoms with Crippen LogP contribution in [0.25, 0.3) is 16.9 Å². The first kappa shape index (κ1) is 23.5. The molecule has 1 aromatic carbocycles. The number of carbonyl (C=O) groups excluding carboxylic acids is 1. The fourth-order valence-corrected chi connectivity index (χ4v) is 3.22. The van der Waals surface area contributed by atoms with Crippen LogP contribution in [-0.2, 0) is 6.18 Å². The SMILES string of the molecule is CN(C)CCCCCNC(=O)c1ccc(-n2nc(-c3cccnc3)cc2C(F)(F)F)cc1. The molecular weight excluding hydrogens is 419 g/mol. The summed E-state index contributed by atoms with van der Waals surface area (Å²) in [7, 11) is 4.04. The van der Waals surface area contributed by atoms with Crippen molar-refractivity contribution in [3.05, 3.63) is 66.1 Å². The van der Waals surface area contributed by atoms with Crippen LogP contribution in [0.15, 0.2) is 54.9 Å². The molecule has 0 saturated carbocycles. The molecule has 2 heterocycles. The third-order valence-corrected chi connectivity index (χ3v) is 4.90. The molecule has 0 aliphatic heterocycles. The van der Waals surface area contributed by atoms with E-state index in [0.29, 0.717) is 17.7 Å². The van der Waals surface area contributed by atoms with Gasteiger partial charge in [0.05, 0.1) is 11.4 Å². The monoisotopic (exact) mass is 445 g/mol. The first-order valence-corrected chi connectivity index (χ1v) is 10.4. The molecule has 9 heteroatoms. The maximum absolute atomic E-state index is 13.6. The number of benzene rings is 1. The van der Waals surface area contributed by atoms with Crippen LogP contribution in [0.1, 0.15) is 35.3 Å². The fourth-order valence-electron chi connectivity index (χ4n) is 3.22. The van der Waals surface area contributed by atoms with Gasteiger partial charge in [-0.25, -0.2) is 4.68 Å². The normalized spacial score (nSPS) is 11.7. The lowest BCUT2D eigenvalue weighted by Crippen LogP contribution is -2.24. The van der Waals surface area contributed by atoms with E-state index in [1.165, 1.54) is 30.5 Å². The Hall–Kier alpha value is -3.20. The number of alkyl halides is 3. The fraction of sp³-hybridized carbons (Fsp3) is 0.348. The maximum Gasteiger partial charge on any atom is 0.433 e. The van der Waals surface area contributed by atoms with Crippen LogP contribution in [0, 0.1) is 0 Å². The molecule has 0 atom stereocenters. The predicted octanol–water partition coefficient (Wildman–Crippen LogP) is 4.41. The van der Waals surface area contributed by atoms with E-state index in [-0.39, 0.29) is 17.3 Å². The average Bonchev–Trinajstić information content (AvgIpc) is 3.23. The summed E-state index contributed by atoms with van der Waals surface area (Å²) in [5.74, 6) is -0.253. The number of amides is 1. The number of nitrogens with one attached hydrogen (secondary N) is 1. The van der Waals surface area contributed by atoms with Crippen molar-refractivity contribution >= 4 is 5.91 Å². The summed E-state index contributed by atoms with van der Waals surface area (Å²) < 4.78 is 41.6. The quantitative estimate of drug-likeness (QED) is 0.496. The summed E-state index contributed by atoms with van der Waals surface area (Å²) in [4.78, 5) is 18.4. The van der Waals surface area contributed by atoms with E-state index in [0.717, 1.165) is 36.6 Å². The molecule has 0 aliphatic carbocycles. The highest BCUT2D eigenvalue weighted by Crippen LogP contribution is 2.33. The molecule has 0 unspecified atom stereocenters. The lowest BCUT2D eigenvalue weighted by atomic mass is 10.1. The maximum atomic E-state index is 13.6. The van der Waals surface area contributed by atoms with E-state index < -0.39 is 11.9 Å². The molecule has 0 aliphatic rings. The van der Waals surface area contributed by atoms with Gasteiger partial charge in [0.15, 0.2) is 0 Å². The minimum atomic E-state index is -4.59. The summed E-state index contributed by atoms with van der Waals surface area (Å²) in [6.45, 7) is 1.56. The van der Waals surface area contributed by atoms with Gasteiger partial charge in [-0.1, -0.05) is 6.42 Å². The van der Waals surface area contributed by atoms with Crippen molar-refractivity contribution in [2.45, 2.75) is 25.4 Å². The van der Waals surface area contributed by atoms with Crippen molar-refractivity contribution in [2.24, 2.45) is 0 Å². The molecule has 1 N–H and O–H groups in total. The molecule has 3 rings (SSSR count). The Labute approximate surface area is 185 Å². The zero-order valence-electron chi connectivity index (χ0n) is 18.1. The van der Waals surface area contributed by atoms with Crippen molar-refractivity contribution < 1.29 is 18.0 Å². The van der Waals surface area contributed by atoms with Gasteiger partial charge in [-0.05, 0) is 75.9 Å². The molecule has 3 aromatic rings. The molecule has 6 nitrogen and oxygen atoms in total. The lowest BCUT2D eigenvalue weighted by Gasteiger charge is -2.11. The van der Waals surface area contributed by atoms with Crippen LogP contribution < -0.4 is 5.32 Å². The standard InChI is InChI=1S/C23H26F3N5O/c1-30(2)14-5-3-4-13-28-22(32)17-8-10-19(11-9-17)31-21(23(24,25)26)15-20(29-31)18-7-6-12-27-16-18/h6-12,15-16H,3-5,13-14H2,1-2H3,(H,28,32). The van der Waals surface area contributed by atoms with Crippen molar-refractivity contribution in [1.29, 1.82) is 0 Å². The molecular formula is C23H26F3N5O. The van der Waals surface area contributed by atoms with Gasteiger partial charge < -0.3 is 10.2 Å². The second-order valence-corrected chi connectivity index (χ2v) is 7.73. The van der Waals surface area contributed by atoms with Crippen molar-refractivity contribution in [1.82, 2.24) is 25.0 Å². The Morgan fingerprint density at radius 3 is 2.47 bits per heavy atom. The van der Waals surface area contributed by atoms with Crippen LogP contribution in [0.4, 0.5) is 13.2 Å². The summed E-state index contributed by atoms with van der Waals surface area (Å²) in [6, 6.07) is 10.2. The second-order valence-electron chi connectivity index (χ2n) is 7.73. The number of rotatable bonds is 9. The zero-order valence-corrected chi connectivity index (χ0v) is 18.1. The van der Waals surface area contributed by atoms with Gasteiger partial charge in [0.2, 0.25) is 0 Å². The highest BCUT2D eigenvalue weighted by molar-refractivity contribution is 5.94. The van der Waals surface area contributed by atoms with Crippen LogP contribution in [0.2, 0.25) is 0 Å². The molecule has 0 fully saturated rings. The largest absolute Gasteiger partial charge is 0.433 e. The van der Waals surface area contributed by atoms with E-state index in [2.05, 4.69) is 20.3 Å². The van der Waals surface area contributed by atoms with Crippen molar-refractivity contribution in [3.63, 3.8) is 0 Å². The summed E-state index contributed by atoms with van der Waals surface area (Å²) >= 11 is 0. The van der Waals surface area contributed by atoms with Crippen molar-refractivity contribution in [2.75, 3.05) is 27.2 Å². The predicted molar refractivity (Wildman–Crippen MR) is 117 cm³/mol. The number of pyridine rings is 1. The van der Waals surface area contributed by atoms with E-state index in [4.69, 9.17) is 0 Å². The van der Waals surface area contributed by atoms with E-state index >= 15 is 0 Å². The van der Waals surface area contributed by atoms with Gasteiger partial charge in [0.1, 0.15) is 5.69 Å². The number of hydrogen-bond acceptors (Lipinski definition) is 4. The summed E-state index contributed by atoms with van der Waals surface area (Å²) in [6.07, 6.45) is 1.35. The minimum absolute atomic E-state index is 0.168. The van der Waals surface area contributed by atoms with Gasteiger partial charge in [0.25, 0.3) is 5.91 Å². The number of halogens is 3. The highest BCUT2D eigenvalue weighted by Gasteiger charge is 2.36. The first-order valence-electron chi connectivity index (χ1n) is 10.4. The van der Waals surface area contributed by atoms with Crippen LogP contribution in [0.5, 0.6) is 0 Å². The zero-order chi connectivity index (χ0) is 23.1. The topological polar surface area (TPSA) is 63.1 Å². The Kier molecular flexibility index (Phi) is 7.63. The van der Waals surface area contributed by atoms with Crippen LogP contribution in [0.3, 0.4) is 0 Å². The second kappa shape index (κ2) is 10.4. The van der Waals surface area contributed by atoms with Gasteiger partial charge >= 0.3 is 6.18 Å². The molecule has 32 heavy (non-hydrogen) atoms. The first-order chi connectivity index (χ1) is 15.3. The number of unbranched alkanes of at least 4 members (excludes halogenated alkanes) is 2. The van der Waals surface area contributed by atoms with Crippen LogP contribution >= 0.6 is 0 Å². The van der Waals surface area contributed by atoms with E-state index in [1.54, 1.807) is 18.3 Å². The Balaban J connectivity index is 1.70. The Bertz CT molecular complexity index is 1010. The molecule has 170 valence electrons. The number of carbonyl (C=O) groups is 1. The minimum Gasteiger partial charge on any atom is -0.352 e. The molecule has 2 aromatic heterocycles.